The van der Waals surface area contributed by atoms with Crippen molar-refractivity contribution in [1.29, 1.82) is 0 Å². The highest BCUT2D eigenvalue weighted by Crippen LogP contribution is 2.34. The molecule has 114 valence electrons. The third-order valence-electron chi connectivity index (χ3n) is 4.45. The van der Waals surface area contributed by atoms with Crippen molar-refractivity contribution >= 4 is 34.3 Å². The Hall–Kier alpha value is -0.350. The van der Waals surface area contributed by atoms with Crippen LogP contribution in [0.25, 0.3) is 0 Å². The van der Waals surface area contributed by atoms with E-state index in [1.807, 2.05) is 17.4 Å². The van der Waals surface area contributed by atoms with Crippen LogP contribution >= 0.6 is 34.3 Å². The third kappa shape index (κ3) is 4.10. The summed E-state index contributed by atoms with van der Waals surface area (Å²) >= 11 is 9.64. The molecule has 2 aromatic rings. The quantitative estimate of drug-likeness (QED) is 0.707. The van der Waals surface area contributed by atoms with Crippen LogP contribution < -0.4 is 5.32 Å². The lowest BCUT2D eigenvalue weighted by molar-refractivity contribution is 0.278. The molecule has 1 saturated carbocycles. The lowest BCUT2D eigenvalue weighted by Gasteiger charge is -2.28. The Balaban J connectivity index is 1.66. The van der Waals surface area contributed by atoms with Crippen molar-refractivity contribution in [2.24, 2.45) is 11.8 Å². The van der Waals surface area contributed by atoms with Crippen molar-refractivity contribution in [3.8, 4) is 0 Å². The van der Waals surface area contributed by atoms with Gasteiger partial charge < -0.3 is 5.32 Å². The van der Waals surface area contributed by atoms with E-state index in [0.717, 1.165) is 22.7 Å². The van der Waals surface area contributed by atoms with Crippen LogP contribution in [0.3, 0.4) is 0 Å². The summed E-state index contributed by atoms with van der Waals surface area (Å²) < 4.78 is 0.875. The highest BCUT2D eigenvalue weighted by molar-refractivity contribution is 7.16. The summed E-state index contributed by atoms with van der Waals surface area (Å²) in [5.41, 5.74) is 0. The van der Waals surface area contributed by atoms with Gasteiger partial charge in [-0.1, -0.05) is 37.4 Å². The van der Waals surface area contributed by atoms with E-state index in [1.165, 1.54) is 35.4 Å². The van der Waals surface area contributed by atoms with Crippen LogP contribution in [0.5, 0.6) is 0 Å². The van der Waals surface area contributed by atoms with Crippen molar-refractivity contribution in [3.63, 3.8) is 0 Å². The second-order valence-electron chi connectivity index (χ2n) is 6.12. The Morgan fingerprint density at radius 1 is 1.19 bits per heavy atom. The summed E-state index contributed by atoms with van der Waals surface area (Å²) in [7, 11) is 0. The lowest BCUT2D eigenvalue weighted by atomic mass is 9.83. The molecule has 4 heteroatoms. The first-order valence-electron chi connectivity index (χ1n) is 7.74. The maximum absolute atomic E-state index is 6.12. The molecule has 0 spiro atoms. The van der Waals surface area contributed by atoms with Gasteiger partial charge in [-0.15, -0.1) is 22.7 Å². The predicted octanol–water partition coefficient (Wildman–Crippen LogP) is 5.97. The van der Waals surface area contributed by atoms with Gasteiger partial charge in [-0.05, 0) is 54.8 Å². The number of nitrogens with one attached hydrogen (secondary N) is 1. The van der Waals surface area contributed by atoms with Crippen LogP contribution in [0.4, 0.5) is 0 Å². The average molecular weight is 340 g/mol. The van der Waals surface area contributed by atoms with Gasteiger partial charge in [-0.2, -0.15) is 0 Å². The normalized spacial score (nSPS) is 24.1. The number of thiophene rings is 2. The molecular formula is C17H22ClNS2. The number of hydrogen-bond acceptors (Lipinski definition) is 3. The van der Waals surface area contributed by atoms with E-state index in [9.17, 15) is 0 Å². The van der Waals surface area contributed by atoms with Crippen molar-refractivity contribution in [3.05, 3.63) is 43.7 Å². The summed E-state index contributed by atoms with van der Waals surface area (Å²) in [6.45, 7) is 3.50. The van der Waals surface area contributed by atoms with Crippen LogP contribution in [0, 0.1) is 11.8 Å². The van der Waals surface area contributed by atoms with E-state index in [2.05, 4.69) is 35.8 Å². The molecule has 21 heavy (non-hydrogen) atoms. The molecule has 0 aromatic carbocycles. The third-order valence-corrected chi connectivity index (χ3v) is 6.69. The molecule has 1 N–H and O–H groups in total. The summed E-state index contributed by atoms with van der Waals surface area (Å²) in [6.07, 6.45) is 5.52. The van der Waals surface area contributed by atoms with E-state index in [-0.39, 0.29) is 0 Å². The average Bonchev–Trinajstić information content (AvgIpc) is 3.13. The molecular weight excluding hydrogens is 318 g/mol. The standard InChI is InChI=1S/C17H22ClNS2/c1-12-4-6-13(7-5-12)11-19-17(14-3-2-10-20-14)15-8-9-16(18)21-15/h2-3,8-10,12-13,17,19H,4-7,11H2,1H3. The van der Waals surface area contributed by atoms with Crippen LogP contribution in [-0.2, 0) is 0 Å². The zero-order chi connectivity index (χ0) is 14.7. The minimum absolute atomic E-state index is 0.307. The van der Waals surface area contributed by atoms with Gasteiger partial charge in [0.1, 0.15) is 0 Å². The Morgan fingerprint density at radius 3 is 2.62 bits per heavy atom. The molecule has 1 nitrogen and oxygen atoms in total. The van der Waals surface area contributed by atoms with E-state index in [1.54, 1.807) is 11.3 Å². The molecule has 0 saturated heterocycles. The minimum atomic E-state index is 0.307. The number of halogens is 1. The van der Waals surface area contributed by atoms with E-state index < -0.39 is 0 Å². The molecule has 1 aliphatic carbocycles. The summed E-state index contributed by atoms with van der Waals surface area (Å²) in [5, 5.41) is 5.95. The second kappa shape index (κ2) is 7.28. The molecule has 0 bridgehead atoms. The zero-order valence-corrected chi connectivity index (χ0v) is 14.7. The molecule has 0 amide bonds. The highest BCUT2D eigenvalue weighted by atomic mass is 35.5. The lowest BCUT2D eigenvalue weighted by Crippen LogP contribution is -2.29. The largest absolute Gasteiger partial charge is 0.305 e. The van der Waals surface area contributed by atoms with Gasteiger partial charge in [0.25, 0.3) is 0 Å². The molecule has 0 aliphatic heterocycles. The van der Waals surface area contributed by atoms with E-state index >= 15 is 0 Å². The zero-order valence-electron chi connectivity index (χ0n) is 12.3. The monoisotopic (exact) mass is 339 g/mol. The smallest absolute Gasteiger partial charge is 0.0931 e. The van der Waals surface area contributed by atoms with Gasteiger partial charge in [-0.25, -0.2) is 0 Å². The Kier molecular flexibility index (Phi) is 5.38. The number of rotatable bonds is 5. The topological polar surface area (TPSA) is 12.0 Å². The van der Waals surface area contributed by atoms with Crippen LogP contribution in [0.1, 0.15) is 48.4 Å². The summed E-state index contributed by atoms with van der Waals surface area (Å²) in [6, 6.07) is 8.83. The maximum Gasteiger partial charge on any atom is 0.0931 e. The van der Waals surface area contributed by atoms with E-state index in [4.69, 9.17) is 11.6 Å². The fourth-order valence-electron chi connectivity index (χ4n) is 3.10. The number of hydrogen-bond donors (Lipinski definition) is 1. The van der Waals surface area contributed by atoms with Crippen molar-refractivity contribution in [2.45, 2.75) is 38.6 Å². The second-order valence-corrected chi connectivity index (χ2v) is 8.85. The predicted molar refractivity (Wildman–Crippen MR) is 94.6 cm³/mol. The van der Waals surface area contributed by atoms with Crippen LogP contribution in [0.2, 0.25) is 4.34 Å². The van der Waals surface area contributed by atoms with Crippen molar-refractivity contribution < 1.29 is 0 Å². The molecule has 1 atom stereocenters. The van der Waals surface area contributed by atoms with Gasteiger partial charge in [0.05, 0.1) is 10.4 Å². The summed E-state index contributed by atoms with van der Waals surface area (Å²) in [4.78, 5) is 2.71. The van der Waals surface area contributed by atoms with Crippen LogP contribution in [0.15, 0.2) is 29.6 Å². The van der Waals surface area contributed by atoms with Gasteiger partial charge in [0.15, 0.2) is 0 Å². The molecule has 1 fully saturated rings. The SMILES string of the molecule is CC1CCC(CNC(c2cccs2)c2ccc(Cl)s2)CC1. The molecule has 0 radical (unpaired) electrons. The summed E-state index contributed by atoms with van der Waals surface area (Å²) in [5.74, 6) is 1.75. The molecule has 2 aromatic heterocycles. The first-order valence-corrected chi connectivity index (χ1v) is 9.82. The molecule has 2 heterocycles. The molecule has 1 aliphatic rings. The van der Waals surface area contributed by atoms with Gasteiger partial charge in [0, 0.05) is 9.75 Å². The Morgan fingerprint density at radius 2 is 2.00 bits per heavy atom. The fraction of sp³-hybridized carbons (Fsp3) is 0.529. The fourth-order valence-corrected chi connectivity index (χ4v) is 5.15. The van der Waals surface area contributed by atoms with E-state index in [0.29, 0.717) is 6.04 Å². The molecule has 1 unspecified atom stereocenters. The van der Waals surface area contributed by atoms with Crippen molar-refractivity contribution in [1.82, 2.24) is 5.32 Å². The Bertz CT molecular complexity index is 541. The Labute approximate surface area is 140 Å². The van der Waals surface area contributed by atoms with Gasteiger partial charge in [0.2, 0.25) is 0 Å². The first-order chi connectivity index (χ1) is 10.2. The van der Waals surface area contributed by atoms with Crippen LogP contribution in [-0.4, -0.2) is 6.54 Å². The molecule has 3 rings (SSSR count). The maximum atomic E-state index is 6.12. The minimum Gasteiger partial charge on any atom is -0.305 e. The first kappa shape index (κ1) is 15.5. The van der Waals surface area contributed by atoms with Crippen molar-refractivity contribution in [2.75, 3.05) is 6.54 Å². The van der Waals surface area contributed by atoms with Gasteiger partial charge >= 0.3 is 0 Å². The van der Waals surface area contributed by atoms with Gasteiger partial charge in [-0.3, -0.25) is 0 Å². The highest BCUT2D eigenvalue weighted by Gasteiger charge is 2.21.